The second-order valence-corrected chi connectivity index (χ2v) is 4.90. The van der Waals surface area contributed by atoms with Crippen LogP contribution in [0.5, 0.6) is 0 Å². The van der Waals surface area contributed by atoms with Crippen LogP contribution in [0.25, 0.3) is 0 Å². The number of carbonyl (C=O) groups is 1. The van der Waals surface area contributed by atoms with Gasteiger partial charge in [0.05, 0.1) is 16.4 Å². The minimum absolute atomic E-state index is 0.698. The lowest BCUT2D eigenvalue weighted by Gasteiger charge is -2.32. The lowest BCUT2D eigenvalue weighted by Crippen LogP contribution is -2.38. The van der Waals surface area contributed by atoms with Crippen molar-refractivity contribution in [1.29, 1.82) is 0 Å². The molecule has 4 nitrogen and oxygen atoms in total. The van der Waals surface area contributed by atoms with E-state index in [2.05, 4.69) is 26.1 Å². The van der Waals surface area contributed by atoms with E-state index in [-0.39, 0.29) is 0 Å². The Bertz CT molecular complexity index is 369. The van der Waals surface area contributed by atoms with Crippen LogP contribution in [0.2, 0.25) is 0 Å². The highest BCUT2D eigenvalue weighted by molar-refractivity contribution is 9.10. The maximum atomic E-state index is 11.5. The van der Waals surface area contributed by atoms with Gasteiger partial charge >= 0.3 is 5.97 Å². The highest BCUT2D eigenvalue weighted by Crippen LogP contribution is 2.41. The topological polar surface area (TPSA) is 66.0 Å². The van der Waals surface area contributed by atoms with E-state index in [0.717, 1.165) is 29.4 Å². The van der Waals surface area contributed by atoms with Gasteiger partial charge in [-0.15, -0.1) is 0 Å². The van der Waals surface area contributed by atoms with Crippen LogP contribution in [0, 0.1) is 0 Å². The van der Waals surface area contributed by atoms with Crippen LogP contribution in [0.3, 0.4) is 0 Å². The zero-order valence-corrected chi connectivity index (χ0v) is 9.88. The average molecular weight is 273 g/mol. The molecule has 0 atom stereocenters. The molecule has 0 saturated heterocycles. The summed E-state index contributed by atoms with van der Waals surface area (Å²) in [5.41, 5.74) is -0.0391. The normalized spacial score (nSPS) is 20.1. The number of H-pyrrole nitrogens is 1. The largest absolute Gasteiger partial charge is 0.481 e. The highest BCUT2D eigenvalue weighted by atomic mass is 79.9. The van der Waals surface area contributed by atoms with Gasteiger partial charge < -0.3 is 5.11 Å². The fraction of sp³-hybridized carbons (Fsp3) is 0.600. The monoisotopic (exact) mass is 272 g/mol. The van der Waals surface area contributed by atoms with Crippen molar-refractivity contribution in [2.45, 2.75) is 37.5 Å². The van der Waals surface area contributed by atoms with Gasteiger partial charge in [-0.3, -0.25) is 9.89 Å². The maximum Gasteiger partial charge on any atom is 0.315 e. The molecule has 2 rings (SSSR count). The van der Waals surface area contributed by atoms with E-state index in [0.29, 0.717) is 12.8 Å². The fourth-order valence-electron chi connectivity index (χ4n) is 2.33. The zero-order valence-electron chi connectivity index (χ0n) is 8.29. The van der Waals surface area contributed by atoms with Crippen molar-refractivity contribution in [1.82, 2.24) is 10.2 Å². The Morgan fingerprint density at radius 1 is 1.47 bits per heavy atom. The van der Waals surface area contributed by atoms with Gasteiger partial charge in [-0.2, -0.15) is 5.10 Å². The van der Waals surface area contributed by atoms with Crippen LogP contribution in [0.1, 0.15) is 37.8 Å². The Morgan fingerprint density at radius 2 is 2.13 bits per heavy atom. The van der Waals surface area contributed by atoms with Gasteiger partial charge in [-0.1, -0.05) is 19.3 Å². The number of halogens is 1. The number of carboxylic acids is 1. The summed E-state index contributed by atoms with van der Waals surface area (Å²) in [4.78, 5) is 11.5. The van der Waals surface area contributed by atoms with Gasteiger partial charge in [0.1, 0.15) is 5.41 Å². The molecule has 0 amide bonds. The van der Waals surface area contributed by atoms with E-state index in [9.17, 15) is 9.90 Å². The fourth-order valence-corrected chi connectivity index (χ4v) is 2.90. The number of hydrogen-bond acceptors (Lipinski definition) is 2. The molecule has 15 heavy (non-hydrogen) atoms. The summed E-state index contributed by atoms with van der Waals surface area (Å²) in [6.45, 7) is 0. The number of aromatic amines is 1. The first kappa shape index (κ1) is 10.7. The molecule has 0 aromatic carbocycles. The van der Waals surface area contributed by atoms with Gasteiger partial charge in [0, 0.05) is 0 Å². The van der Waals surface area contributed by atoms with Gasteiger partial charge in [-0.05, 0) is 28.8 Å². The third-order valence-corrected chi connectivity index (χ3v) is 3.79. The first-order valence-corrected chi connectivity index (χ1v) is 5.89. The van der Waals surface area contributed by atoms with Crippen LogP contribution in [-0.2, 0) is 10.2 Å². The quantitative estimate of drug-likeness (QED) is 0.869. The van der Waals surface area contributed by atoms with Crippen LogP contribution in [0.15, 0.2) is 10.7 Å². The van der Waals surface area contributed by atoms with E-state index in [4.69, 9.17) is 0 Å². The van der Waals surface area contributed by atoms with E-state index in [1.165, 1.54) is 0 Å². The molecule has 0 spiro atoms. The molecule has 2 N–H and O–H groups in total. The molecule has 82 valence electrons. The van der Waals surface area contributed by atoms with Gasteiger partial charge in [0.15, 0.2) is 0 Å². The Hall–Kier alpha value is -0.840. The summed E-state index contributed by atoms with van der Waals surface area (Å²) in [7, 11) is 0. The number of nitrogens with one attached hydrogen (secondary N) is 1. The number of aliphatic carboxylic acids is 1. The molecule has 0 unspecified atom stereocenters. The second kappa shape index (κ2) is 3.96. The predicted octanol–water partition coefficient (Wildman–Crippen LogP) is 2.46. The van der Waals surface area contributed by atoms with Gasteiger partial charge in [-0.25, -0.2) is 0 Å². The lowest BCUT2D eigenvalue weighted by molar-refractivity contribution is -0.145. The molecule has 0 radical (unpaired) electrons. The van der Waals surface area contributed by atoms with Crippen LogP contribution in [-0.4, -0.2) is 21.3 Å². The first-order chi connectivity index (χ1) is 7.17. The van der Waals surface area contributed by atoms with Crippen LogP contribution >= 0.6 is 15.9 Å². The summed E-state index contributed by atoms with van der Waals surface area (Å²) in [6.07, 6.45) is 6.08. The van der Waals surface area contributed by atoms with Crippen molar-refractivity contribution >= 4 is 21.9 Å². The Morgan fingerprint density at radius 3 is 2.60 bits per heavy atom. The van der Waals surface area contributed by atoms with Crippen molar-refractivity contribution in [3.8, 4) is 0 Å². The molecular formula is C10H13BrN2O2. The Balaban J connectivity index is 2.42. The summed E-state index contributed by atoms with van der Waals surface area (Å²) in [5.74, 6) is -0.743. The Kier molecular flexibility index (Phi) is 2.82. The van der Waals surface area contributed by atoms with Gasteiger partial charge in [0.2, 0.25) is 0 Å². The standard InChI is InChI=1S/C10H13BrN2O2/c11-7-6-12-13-8(7)10(9(14)15)4-2-1-3-5-10/h6H,1-5H2,(H,12,13)(H,14,15). The van der Waals surface area contributed by atoms with Crippen LogP contribution < -0.4 is 0 Å². The molecule has 5 heteroatoms. The number of carboxylic acid groups (broad SMARTS) is 1. The zero-order chi connectivity index (χ0) is 10.9. The second-order valence-electron chi connectivity index (χ2n) is 4.04. The van der Waals surface area contributed by atoms with Crippen molar-refractivity contribution in [2.24, 2.45) is 0 Å². The number of hydrogen-bond donors (Lipinski definition) is 2. The van der Waals surface area contributed by atoms with Crippen molar-refractivity contribution in [2.75, 3.05) is 0 Å². The maximum absolute atomic E-state index is 11.5. The number of nitrogens with zero attached hydrogens (tertiary/aromatic N) is 1. The molecule has 1 aromatic heterocycles. The molecule has 1 heterocycles. The molecular weight excluding hydrogens is 260 g/mol. The summed E-state index contributed by atoms with van der Waals surface area (Å²) in [6, 6.07) is 0. The van der Waals surface area contributed by atoms with Crippen molar-refractivity contribution < 1.29 is 9.90 Å². The predicted molar refractivity (Wildman–Crippen MR) is 58.7 cm³/mol. The number of rotatable bonds is 2. The van der Waals surface area contributed by atoms with Crippen LogP contribution in [0.4, 0.5) is 0 Å². The Labute approximate surface area is 96.2 Å². The number of aromatic nitrogens is 2. The third kappa shape index (κ3) is 1.69. The lowest BCUT2D eigenvalue weighted by atomic mass is 9.72. The highest BCUT2D eigenvalue weighted by Gasteiger charge is 2.43. The molecule has 1 aliphatic rings. The minimum Gasteiger partial charge on any atom is -0.481 e. The summed E-state index contributed by atoms with van der Waals surface area (Å²) >= 11 is 3.35. The van der Waals surface area contributed by atoms with E-state index < -0.39 is 11.4 Å². The first-order valence-electron chi connectivity index (χ1n) is 5.09. The van der Waals surface area contributed by atoms with E-state index in [1.54, 1.807) is 6.20 Å². The van der Waals surface area contributed by atoms with E-state index in [1.807, 2.05) is 0 Å². The molecule has 1 saturated carbocycles. The van der Waals surface area contributed by atoms with Crippen molar-refractivity contribution in [3.63, 3.8) is 0 Å². The average Bonchev–Trinajstić information content (AvgIpc) is 2.66. The van der Waals surface area contributed by atoms with Gasteiger partial charge in [0.25, 0.3) is 0 Å². The molecule has 1 aromatic rings. The molecule has 0 aliphatic heterocycles. The third-order valence-electron chi connectivity index (χ3n) is 3.19. The summed E-state index contributed by atoms with van der Waals surface area (Å²) < 4.78 is 0.770. The molecule has 1 fully saturated rings. The smallest absolute Gasteiger partial charge is 0.315 e. The van der Waals surface area contributed by atoms with E-state index >= 15 is 0 Å². The molecule has 0 bridgehead atoms. The van der Waals surface area contributed by atoms with Crippen molar-refractivity contribution in [3.05, 3.63) is 16.4 Å². The minimum atomic E-state index is -0.756. The summed E-state index contributed by atoms with van der Waals surface area (Å²) in [5, 5.41) is 16.1. The SMILES string of the molecule is O=C(O)C1(c2[nH]ncc2Br)CCCCC1. The molecule has 1 aliphatic carbocycles.